The van der Waals surface area contributed by atoms with E-state index in [4.69, 9.17) is 5.11 Å². The van der Waals surface area contributed by atoms with Crippen molar-refractivity contribution in [1.29, 1.82) is 0 Å². The van der Waals surface area contributed by atoms with Gasteiger partial charge in [-0.05, 0) is 25.0 Å². The van der Waals surface area contributed by atoms with Crippen molar-refractivity contribution in [2.75, 3.05) is 6.61 Å². The van der Waals surface area contributed by atoms with Crippen molar-refractivity contribution in [3.63, 3.8) is 0 Å². The van der Waals surface area contributed by atoms with Crippen LogP contribution in [0.2, 0.25) is 0 Å². The molecular formula is C10H15FO. The molecular weight excluding hydrogens is 155 g/mol. The van der Waals surface area contributed by atoms with Crippen molar-refractivity contribution in [1.82, 2.24) is 0 Å². The SMILES string of the molecule is CC/C=C/C=C(/F)C=CCCO. The molecule has 0 unspecified atom stereocenters. The van der Waals surface area contributed by atoms with Crippen LogP contribution >= 0.6 is 0 Å². The lowest BCUT2D eigenvalue weighted by Crippen LogP contribution is -1.75. The maximum atomic E-state index is 12.7. The van der Waals surface area contributed by atoms with Crippen LogP contribution in [0.1, 0.15) is 19.8 Å². The van der Waals surface area contributed by atoms with Gasteiger partial charge in [0, 0.05) is 6.61 Å². The van der Waals surface area contributed by atoms with Crippen molar-refractivity contribution in [2.24, 2.45) is 0 Å². The minimum Gasteiger partial charge on any atom is -0.396 e. The van der Waals surface area contributed by atoms with Crippen molar-refractivity contribution >= 4 is 0 Å². The molecule has 0 aliphatic rings. The lowest BCUT2D eigenvalue weighted by atomic mass is 10.3. The summed E-state index contributed by atoms with van der Waals surface area (Å²) in [5.41, 5.74) is 0. The van der Waals surface area contributed by atoms with E-state index in [2.05, 4.69) is 0 Å². The number of aliphatic hydroxyl groups excluding tert-OH is 1. The average molecular weight is 170 g/mol. The van der Waals surface area contributed by atoms with E-state index in [0.717, 1.165) is 6.42 Å². The molecule has 0 amide bonds. The Balaban J connectivity index is 3.76. The molecule has 68 valence electrons. The first-order valence-corrected chi connectivity index (χ1v) is 4.11. The van der Waals surface area contributed by atoms with Gasteiger partial charge in [-0.1, -0.05) is 25.2 Å². The van der Waals surface area contributed by atoms with Crippen molar-refractivity contribution < 1.29 is 9.50 Å². The second-order valence-corrected chi connectivity index (χ2v) is 2.30. The molecule has 0 aliphatic carbocycles. The molecule has 0 aliphatic heterocycles. The summed E-state index contributed by atoms with van der Waals surface area (Å²) in [6.45, 7) is 2.05. The fraction of sp³-hybridized carbons (Fsp3) is 0.400. The van der Waals surface area contributed by atoms with Crippen LogP contribution in [0.25, 0.3) is 0 Å². The molecule has 2 heteroatoms. The number of rotatable bonds is 5. The van der Waals surface area contributed by atoms with E-state index in [1.54, 1.807) is 12.2 Å². The van der Waals surface area contributed by atoms with Crippen molar-refractivity contribution in [3.05, 3.63) is 36.2 Å². The van der Waals surface area contributed by atoms with Crippen LogP contribution in [0.3, 0.4) is 0 Å². The van der Waals surface area contributed by atoms with Crippen LogP contribution in [0, 0.1) is 0 Å². The van der Waals surface area contributed by atoms with Gasteiger partial charge in [-0.3, -0.25) is 0 Å². The Hall–Kier alpha value is -0.890. The number of halogens is 1. The molecule has 0 atom stereocenters. The van der Waals surface area contributed by atoms with Crippen LogP contribution in [-0.4, -0.2) is 11.7 Å². The molecule has 0 aromatic carbocycles. The van der Waals surface area contributed by atoms with Gasteiger partial charge in [0.05, 0.1) is 0 Å². The lowest BCUT2D eigenvalue weighted by Gasteiger charge is -1.84. The highest BCUT2D eigenvalue weighted by molar-refractivity contribution is 5.17. The first kappa shape index (κ1) is 11.1. The molecule has 0 fully saturated rings. The van der Waals surface area contributed by atoms with Crippen LogP contribution in [0.15, 0.2) is 36.2 Å². The summed E-state index contributed by atoms with van der Waals surface area (Å²) in [5.74, 6) is -0.284. The third-order valence-corrected chi connectivity index (χ3v) is 1.20. The summed E-state index contributed by atoms with van der Waals surface area (Å²) >= 11 is 0. The molecule has 0 saturated heterocycles. The second kappa shape index (κ2) is 8.21. The Morgan fingerprint density at radius 2 is 2.17 bits per heavy atom. The minimum atomic E-state index is -0.284. The Bertz CT molecular complexity index is 180. The van der Waals surface area contributed by atoms with Crippen LogP contribution in [0.5, 0.6) is 0 Å². The molecule has 0 heterocycles. The van der Waals surface area contributed by atoms with E-state index in [0.29, 0.717) is 6.42 Å². The monoisotopic (exact) mass is 170 g/mol. The van der Waals surface area contributed by atoms with Crippen molar-refractivity contribution in [3.8, 4) is 0 Å². The standard InChI is InChI=1S/C10H15FO/c1-2-3-4-7-10(11)8-5-6-9-12/h3-5,7-8,12H,2,6,9H2,1H3/b4-3+,8-5?,10-7+. The zero-order valence-electron chi connectivity index (χ0n) is 7.33. The largest absolute Gasteiger partial charge is 0.396 e. The molecule has 1 nitrogen and oxygen atoms in total. The molecule has 0 aromatic rings. The van der Waals surface area contributed by atoms with Gasteiger partial charge in [-0.25, -0.2) is 4.39 Å². The van der Waals surface area contributed by atoms with E-state index in [9.17, 15) is 4.39 Å². The number of hydrogen-bond donors (Lipinski definition) is 1. The summed E-state index contributed by atoms with van der Waals surface area (Å²) < 4.78 is 12.7. The van der Waals surface area contributed by atoms with E-state index >= 15 is 0 Å². The van der Waals surface area contributed by atoms with Crippen LogP contribution in [0.4, 0.5) is 4.39 Å². The van der Waals surface area contributed by atoms with Gasteiger partial charge in [0.15, 0.2) is 0 Å². The quantitative estimate of drug-likeness (QED) is 0.629. The van der Waals surface area contributed by atoms with Gasteiger partial charge >= 0.3 is 0 Å². The fourth-order valence-corrected chi connectivity index (χ4v) is 0.622. The van der Waals surface area contributed by atoms with Gasteiger partial charge in [-0.2, -0.15) is 0 Å². The first-order chi connectivity index (χ1) is 5.81. The molecule has 0 rings (SSSR count). The topological polar surface area (TPSA) is 20.2 Å². The Morgan fingerprint density at radius 1 is 1.42 bits per heavy atom. The third kappa shape index (κ3) is 7.22. The summed E-state index contributed by atoms with van der Waals surface area (Å²) in [6, 6.07) is 0. The highest BCUT2D eigenvalue weighted by atomic mass is 19.1. The zero-order chi connectivity index (χ0) is 9.23. The smallest absolute Gasteiger partial charge is 0.122 e. The minimum absolute atomic E-state index is 0.0641. The maximum Gasteiger partial charge on any atom is 0.122 e. The predicted molar refractivity (Wildman–Crippen MR) is 49.5 cm³/mol. The van der Waals surface area contributed by atoms with E-state index in [1.165, 1.54) is 12.2 Å². The summed E-state index contributed by atoms with van der Waals surface area (Å²) in [5, 5.41) is 8.39. The first-order valence-electron chi connectivity index (χ1n) is 4.11. The average Bonchev–Trinajstić information content (AvgIpc) is 2.06. The molecule has 1 N–H and O–H groups in total. The Morgan fingerprint density at radius 3 is 2.75 bits per heavy atom. The Kier molecular flexibility index (Phi) is 7.60. The molecule has 0 spiro atoms. The zero-order valence-corrected chi connectivity index (χ0v) is 7.33. The number of hydrogen-bond acceptors (Lipinski definition) is 1. The third-order valence-electron chi connectivity index (χ3n) is 1.20. The van der Waals surface area contributed by atoms with Gasteiger partial charge in [0.25, 0.3) is 0 Å². The summed E-state index contributed by atoms with van der Waals surface area (Å²) in [4.78, 5) is 0. The second-order valence-electron chi connectivity index (χ2n) is 2.30. The van der Waals surface area contributed by atoms with Crippen molar-refractivity contribution in [2.45, 2.75) is 19.8 Å². The summed E-state index contributed by atoms with van der Waals surface area (Å²) in [6.07, 6.45) is 9.32. The number of aliphatic hydroxyl groups is 1. The highest BCUT2D eigenvalue weighted by Crippen LogP contribution is 1.99. The lowest BCUT2D eigenvalue weighted by molar-refractivity contribution is 0.302. The van der Waals surface area contributed by atoms with E-state index in [1.807, 2.05) is 13.0 Å². The molecule has 12 heavy (non-hydrogen) atoms. The predicted octanol–water partition coefficient (Wildman–Crippen LogP) is 2.74. The van der Waals surface area contributed by atoms with Gasteiger partial charge in [-0.15, -0.1) is 0 Å². The Labute approximate surface area is 72.9 Å². The molecule has 0 saturated carbocycles. The van der Waals surface area contributed by atoms with Gasteiger partial charge < -0.3 is 5.11 Å². The van der Waals surface area contributed by atoms with E-state index < -0.39 is 0 Å². The van der Waals surface area contributed by atoms with E-state index in [-0.39, 0.29) is 12.4 Å². The normalized spacial score (nSPS) is 13.4. The molecule has 0 aromatic heterocycles. The summed E-state index contributed by atoms with van der Waals surface area (Å²) in [7, 11) is 0. The maximum absolute atomic E-state index is 12.7. The highest BCUT2D eigenvalue weighted by Gasteiger charge is 1.82. The molecule has 0 bridgehead atoms. The fourth-order valence-electron chi connectivity index (χ4n) is 0.622. The van der Waals surface area contributed by atoms with Gasteiger partial charge in [0.1, 0.15) is 5.83 Å². The van der Waals surface area contributed by atoms with Crippen LogP contribution < -0.4 is 0 Å². The molecule has 0 radical (unpaired) electrons. The number of allylic oxidation sites excluding steroid dienone is 5. The van der Waals surface area contributed by atoms with Crippen LogP contribution in [-0.2, 0) is 0 Å². The van der Waals surface area contributed by atoms with Gasteiger partial charge in [0.2, 0.25) is 0 Å².